The van der Waals surface area contributed by atoms with Crippen molar-refractivity contribution in [1.82, 2.24) is 4.57 Å². The van der Waals surface area contributed by atoms with Gasteiger partial charge in [0, 0.05) is 24.1 Å². The molecule has 0 N–H and O–H groups in total. The fourth-order valence-corrected chi connectivity index (χ4v) is 3.34. The summed E-state index contributed by atoms with van der Waals surface area (Å²) in [7, 11) is -2.01. The van der Waals surface area contributed by atoms with Gasteiger partial charge >= 0.3 is 6.09 Å². The Labute approximate surface area is 154 Å². The van der Waals surface area contributed by atoms with E-state index in [9.17, 15) is 13.2 Å². The average molecular weight is 383 g/mol. The lowest BCUT2D eigenvalue weighted by Crippen LogP contribution is -2.26. The molecule has 0 spiro atoms. The number of carbonyl (C=O) groups excluding carboxylic acids is 1. The monoisotopic (exact) mass is 383 g/mol. The molecule has 8 heteroatoms. The number of hydrogen-bond donors (Lipinski definition) is 0. The van der Waals surface area contributed by atoms with E-state index >= 15 is 0 Å². The minimum Gasteiger partial charge on any atom is -0.497 e. The Morgan fingerprint density at radius 3 is 2.46 bits per heavy atom. The summed E-state index contributed by atoms with van der Waals surface area (Å²) in [4.78, 5) is 12.6. The largest absolute Gasteiger partial charge is 0.497 e. The zero-order valence-electron chi connectivity index (χ0n) is 15.9. The van der Waals surface area contributed by atoms with Crippen LogP contribution in [0.15, 0.2) is 24.4 Å². The van der Waals surface area contributed by atoms with Crippen LogP contribution in [0, 0.1) is 0 Å². The van der Waals surface area contributed by atoms with Crippen LogP contribution in [0.4, 0.5) is 4.79 Å². The maximum atomic E-state index is 12.6. The number of rotatable bonds is 5. The van der Waals surface area contributed by atoms with Crippen LogP contribution in [0.1, 0.15) is 33.3 Å². The van der Waals surface area contributed by atoms with Gasteiger partial charge in [-0.1, -0.05) is 0 Å². The number of carbonyl (C=O) groups is 1. The van der Waals surface area contributed by atoms with E-state index in [0.29, 0.717) is 17.7 Å². The highest BCUT2D eigenvalue weighted by molar-refractivity contribution is 7.86. The summed E-state index contributed by atoms with van der Waals surface area (Å²) in [5.74, 6) is 0.604. The van der Waals surface area contributed by atoms with Gasteiger partial charge in [-0.25, -0.2) is 4.79 Å². The van der Waals surface area contributed by atoms with Gasteiger partial charge in [-0.3, -0.25) is 8.75 Å². The molecule has 1 atom stereocenters. The SMILES string of the molecule is COc1ccc2c(CC(C)OS(C)(=O)=O)cn(C(=O)OC(C)(C)C)c2c1. The molecule has 0 fully saturated rings. The van der Waals surface area contributed by atoms with E-state index in [1.807, 2.05) is 6.07 Å². The van der Waals surface area contributed by atoms with Crippen LogP contribution in [0.25, 0.3) is 10.9 Å². The molecule has 1 heterocycles. The van der Waals surface area contributed by atoms with Crippen molar-refractivity contribution < 1.29 is 26.9 Å². The van der Waals surface area contributed by atoms with Crippen LogP contribution in [0.3, 0.4) is 0 Å². The number of benzene rings is 1. The molecule has 1 aromatic heterocycles. The minimum atomic E-state index is -3.56. The summed E-state index contributed by atoms with van der Waals surface area (Å²) < 4.78 is 39.8. The van der Waals surface area contributed by atoms with Gasteiger partial charge in [-0.05, 0) is 45.4 Å². The molecule has 0 aliphatic rings. The summed E-state index contributed by atoms with van der Waals surface area (Å²) >= 11 is 0. The van der Waals surface area contributed by atoms with E-state index in [1.165, 1.54) is 4.57 Å². The fraction of sp³-hybridized carbons (Fsp3) is 0.500. The highest BCUT2D eigenvalue weighted by atomic mass is 32.2. The minimum absolute atomic E-state index is 0.325. The first-order valence-corrected chi connectivity index (χ1v) is 10.0. The van der Waals surface area contributed by atoms with E-state index in [-0.39, 0.29) is 0 Å². The maximum absolute atomic E-state index is 12.6. The Balaban J connectivity index is 2.46. The van der Waals surface area contributed by atoms with Crippen LogP contribution >= 0.6 is 0 Å². The van der Waals surface area contributed by atoms with Crippen molar-refractivity contribution in [3.63, 3.8) is 0 Å². The lowest BCUT2D eigenvalue weighted by atomic mass is 10.1. The zero-order chi connectivity index (χ0) is 19.7. The smallest absolute Gasteiger partial charge is 0.419 e. The third-order valence-corrected chi connectivity index (χ3v) is 4.21. The predicted octanol–water partition coefficient (Wildman–Crippen LogP) is 3.34. The van der Waals surface area contributed by atoms with Gasteiger partial charge in [-0.15, -0.1) is 0 Å². The molecule has 2 rings (SSSR count). The molecule has 0 saturated carbocycles. The molecule has 1 unspecified atom stereocenters. The summed E-state index contributed by atoms with van der Waals surface area (Å²) in [6.45, 7) is 7.04. The Kier molecular flexibility index (Phi) is 5.67. The van der Waals surface area contributed by atoms with Crippen molar-refractivity contribution in [2.24, 2.45) is 0 Å². The lowest BCUT2D eigenvalue weighted by molar-refractivity contribution is 0.0544. The van der Waals surface area contributed by atoms with Crippen LogP contribution in [0.5, 0.6) is 5.75 Å². The molecule has 0 radical (unpaired) electrons. The Morgan fingerprint density at radius 1 is 1.27 bits per heavy atom. The third-order valence-electron chi connectivity index (χ3n) is 3.53. The summed E-state index contributed by atoms with van der Waals surface area (Å²) in [6, 6.07) is 5.36. The van der Waals surface area contributed by atoms with Crippen molar-refractivity contribution in [3.8, 4) is 5.75 Å². The molecule has 2 aromatic rings. The van der Waals surface area contributed by atoms with E-state index in [4.69, 9.17) is 13.7 Å². The molecule has 0 aliphatic heterocycles. The third kappa shape index (κ3) is 5.22. The summed E-state index contributed by atoms with van der Waals surface area (Å²) in [6.07, 6.45) is 1.91. The Hall–Kier alpha value is -2.06. The van der Waals surface area contributed by atoms with E-state index in [2.05, 4.69) is 0 Å². The van der Waals surface area contributed by atoms with Gasteiger partial charge in [0.25, 0.3) is 10.1 Å². The molecule has 0 bridgehead atoms. The molecule has 0 amide bonds. The molecule has 7 nitrogen and oxygen atoms in total. The first kappa shape index (κ1) is 20.3. The molecular formula is C18H25NO6S. The molecule has 144 valence electrons. The van der Waals surface area contributed by atoms with Crippen LogP contribution < -0.4 is 4.74 Å². The van der Waals surface area contributed by atoms with Gasteiger partial charge in [-0.2, -0.15) is 8.42 Å². The number of aromatic nitrogens is 1. The second kappa shape index (κ2) is 7.28. The Bertz CT molecular complexity index is 908. The molecule has 0 saturated heterocycles. The fourth-order valence-electron chi connectivity index (χ4n) is 2.67. The van der Waals surface area contributed by atoms with Gasteiger partial charge in [0.15, 0.2) is 0 Å². The predicted molar refractivity (Wildman–Crippen MR) is 99.2 cm³/mol. The van der Waals surface area contributed by atoms with Crippen molar-refractivity contribution in [2.45, 2.75) is 45.8 Å². The van der Waals surface area contributed by atoms with Crippen molar-refractivity contribution in [2.75, 3.05) is 13.4 Å². The number of fused-ring (bicyclic) bond motifs is 1. The van der Waals surface area contributed by atoms with Gasteiger partial charge < -0.3 is 9.47 Å². The molecule has 26 heavy (non-hydrogen) atoms. The van der Waals surface area contributed by atoms with Crippen molar-refractivity contribution >= 4 is 27.1 Å². The first-order chi connectivity index (χ1) is 11.9. The normalized spacial score (nSPS) is 13.6. The van der Waals surface area contributed by atoms with E-state index < -0.39 is 27.9 Å². The quantitative estimate of drug-likeness (QED) is 0.737. The standard InChI is InChI=1S/C18H25NO6S/c1-12(25-26(6,21)22)9-13-11-19(17(20)24-18(2,3)4)16-10-14(23-5)7-8-15(13)16/h7-8,10-12H,9H2,1-6H3. The van der Waals surface area contributed by atoms with Crippen LogP contribution in [-0.4, -0.2) is 44.1 Å². The Morgan fingerprint density at radius 2 is 1.92 bits per heavy atom. The summed E-state index contributed by atoms with van der Waals surface area (Å²) in [5, 5.41) is 0.806. The van der Waals surface area contributed by atoms with E-state index in [1.54, 1.807) is 53.1 Å². The van der Waals surface area contributed by atoms with Gasteiger partial charge in [0.2, 0.25) is 0 Å². The second-order valence-electron chi connectivity index (χ2n) is 7.20. The number of hydrogen-bond acceptors (Lipinski definition) is 6. The zero-order valence-corrected chi connectivity index (χ0v) is 16.7. The van der Waals surface area contributed by atoms with E-state index in [0.717, 1.165) is 17.2 Å². The number of methoxy groups -OCH3 is 1. The van der Waals surface area contributed by atoms with Crippen molar-refractivity contribution in [1.29, 1.82) is 0 Å². The molecule has 0 aliphatic carbocycles. The van der Waals surface area contributed by atoms with Crippen LogP contribution in [-0.2, 0) is 25.5 Å². The topological polar surface area (TPSA) is 83.8 Å². The molecule has 1 aromatic carbocycles. The van der Waals surface area contributed by atoms with Gasteiger partial charge in [0.05, 0.1) is 25.0 Å². The van der Waals surface area contributed by atoms with Gasteiger partial charge in [0.1, 0.15) is 11.4 Å². The first-order valence-electron chi connectivity index (χ1n) is 8.19. The highest BCUT2D eigenvalue weighted by Crippen LogP contribution is 2.28. The average Bonchev–Trinajstić information content (AvgIpc) is 2.81. The number of nitrogens with zero attached hydrogens (tertiary/aromatic N) is 1. The van der Waals surface area contributed by atoms with Crippen LogP contribution in [0.2, 0.25) is 0 Å². The highest BCUT2D eigenvalue weighted by Gasteiger charge is 2.22. The lowest BCUT2D eigenvalue weighted by Gasteiger charge is -2.19. The van der Waals surface area contributed by atoms with Crippen molar-refractivity contribution in [3.05, 3.63) is 30.0 Å². The molecular weight excluding hydrogens is 358 g/mol. The maximum Gasteiger partial charge on any atom is 0.419 e. The summed E-state index contributed by atoms with van der Waals surface area (Å²) in [5.41, 5.74) is 0.768. The number of ether oxygens (including phenoxy) is 2. The second-order valence-corrected chi connectivity index (χ2v) is 8.80.